The first-order valence-electron chi connectivity index (χ1n) is 7.67. The summed E-state index contributed by atoms with van der Waals surface area (Å²) in [6.45, 7) is 5.77. The fourth-order valence-electron chi connectivity index (χ4n) is 2.97. The molecule has 122 valence electrons. The number of halogens is 1. The molecule has 0 aliphatic carbocycles. The monoisotopic (exact) mass is 377 g/mol. The number of piperazine rings is 1. The SMILES string of the molecule is COc1cc(CN2CCN(C(C)=O)CC2)c2nccc(Br)c2c1. The lowest BCUT2D eigenvalue weighted by Crippen LogP contribution is -2.47. The predicted octanol–water partition coefficient (Wildman–Crippen LogP) is 2.67. The van der Waals surface area contributed by atoms with Gasteiger partial charge in [0.2, 0.25) is 5.91 Å². The largest absolute Gasteiger partial charge is 0.497 e. The number of hydrogen-bond acceptors (Lipinski definition) is 4. The van der Waals surface area contributed by atoms with Crippen molar-refractivity contribution in [1.82, 2.24) is 14.8 Å². The van der Waals surface area contributed by atoms with Gasteiger partial charge in [-0.15, -0.1) is 0 Å². The first-order valence-corrected chi connectivity index (χ1v) is 8.47. The number of benzene rings is 1. The highest BCUT2D eigenvalue weighted by Crippen LogP contribution is 2.30. The molecule has 1 fully saturated rings. The number of aromatic nitrogens is 1. The Labute approximate surface area is 144 Å². The van der Waals surface area contributed by atoms with Crippen LogP contribution in [0.4, 0.5) is 0 Å². The number of carbonyl (C=O) groups is 1. The summed E-state index contributed by atoms with van der Waals surface area (Å²) in [5, 5.41) is 1.06. The first kappa shape index (κ1) is 16.2. The van der Waals surface area contributed by atoms with Gasteiger partial charge in [0.25, 0.3) is 0 Å². The topological polar surface area (TPSA) is 45.7 Å². The van der Waals surface area contributed by atoms with Gasteiger partial charge in [-0.2, -0.15) is 0 Å². The number of ether oxygens (including phenoxy) is 1. The molecule has 1 aromatic carbocycles. The van der Waals surface area contributed by atoms with Crippen molar-refractivity contribution in [2.45, 2.75) is 13.5 Å². The molecule has 6 heteroatoms. The lowest BCUT2D eigenvalue weighted by molar-refractivity contribution is -0.130. The summed E-state index contributed by atoms with van der Waals surface area (Å²) in [5.74, 6) is 0.991. The maximum absolute atomic E-state index is 11.4. The number of rotatable bonds is 3. The van der Waals surface area contributed by atoms with Crippen molar-refractivity contribution >= 4 is 32.7 Å². The molecule has 0 bridgehead atoms. The fourth-order valence-corrected chi connectivity index (χ4v) is 3.39. The van der Waals surface area contributed by atoms with Crippen LogP contribution in [0.25, 0.3) is 10.9 Å². The molecule has 0 radical (unpaired) electrons. The number of nitrogens with zero attached hydrogens (tertiary/aromatic N) is 3. The number of pyridine rings is 1. The lowest BCUT2D eigenvalue weighted by atomic mass is 10.1. The molecular weight excluding hydrogens is 358 g/mol. The third-order valence-corrected chi connectivity index (χ3v) is 4.98. The summed E-state index contributed by atoms with van der Waals surface area (Å²) in [5.41, 5.74) is 2.14. The fraction of sp³-hybridized carbons (Fsp3) is 0.412. The van der Waals surface area contributed by atoms with E-state index in [1.54, 1.807) is 14.0 Å². The number of amides is 1. The molecule has 0 atom stereocenters. The zero-order chi connectivity index (χ0) is 16.4. The second-order valence-electron chi connectivity index (χ2n) is 5.76. The van der Waals surface area contributed by atoms with Crippen molar-refractivity contribution in [2.24, 2.45) is 0 Å². The van der Waals surface area contributed by atoms with Gasteiger partial charge in [0.05, 0.1) is 12.6 Å². The van der Waals surface area contributed by atoms with Crippen LogP contribution in [0.2, 0.25) is 0 Å². The van der Waals surface area contributed by atoms with Crippen LogP contribution in [-0.2, 0) is 11.3 Å². The molecular formula is C17H20BrN3O2. The Morgan fingerprint density at radius 3 is 2.70 bits per heavy atom. The Kier molecular flexibility index (Phi) is 4.82. The molecule has 0 spiro atoms. The summed E-state index contributed by atoms with van der Waals surface area (Å²) >= 11 is 3.59. The third-order valence-electron chi connectivity index (χ3n) is 4.29. The van der Waals surface area contributed by atoms with Crippen molar-refractivity contribution in [3.63, 3.8) is 0 Å². The molecule has 1 amide bonds. The van der Waals surface area contributed by atoms with Gasteiger partial charge in [0.1, 0.15) is 5.75 Å². The van der Waals surface area contributed by atoms with E-state index >= 15 is 0 Å². The van der Waals surface area contributed by atoms with Crippen LogP contribution in [0, 0.1) is 0 Å². The first-order chi connectivity index (χ1) is 11.1. The Hall–Kier alpha value is -1.66. The van der Waals surface area contributed by atoms with Gasteiger partial charge in [0.15, 0.2) is 0 Å². The molecule has 5 nitrogen and oxygen atoms in total. The lowest BCUT2D eigenvalue weighted by Gasteiger charge is -2.34. The van der Waals surface area contributed by atoms with Crippen molar-refractivity contribution in [1.29, 1.82) is 0 Å². The van der Waals surface area contributed by atoms with Crippen LogP contribution in [0.1, 0.15) is 12.5 Å². The van der Waals surface area contributed by atoms with Crippen LogP contribution in [-0.4, -0.2) is 54.0 Å². The maximum atomic E-state index is 11.4. The van der Waals surface area contributed by atoms with E-state index in [-0.39, 0.29) is 5.91 Å². The van der Waals surface area contributed by atoms with Gasteiger partial charge in [0, 0.05) is 55.7 Å². The van der Waals surface area contributed by atoms with E-state index in [9.17, 15) is 4.79 Å². The minimum Gasteiger partial charge on any atom is -0.497 e. The van der Waals surface area contributed by atoms with Gasteiger partial charge in [-0.25, -0.2) is 0 Å². The summed E-state index contributed by atoms with van der Waals surface area (Å²) in [6, 6.07) is 6.00. The maximum Gasteiger partial charge on any atom is 0.219 e. The molecule has 2 aromatic rings. The quantitative estimate of drug-likeness (QED) is 0.824. The van der Waals surface area contributed by atoms with Gasteiger partial charge in [-0.3, -0.25) is 14.7 Å². The van der Waals surface area contributed by atoms with Gasteiger partial charge < -0.3 is 9.64 Å². The minimum atomic E-state index is 0.155. The Morgan fingerprint density at radius 2 is 2.04 bits per heavy atom. The zero-order valence-corrected chi connectivity index (χ0v) is 15.0. The highest BCUT2D eigenvalue weighted by atomic mass is 79.9. The Morgan fingerprint density at radius 1 is 1.30 bits per heavy atom. The second kappa shape index (κ2) is 6.84. The van der Waals surface area contributed by atoms with Crippen LogP contribution < -0.4 is 4.74 Å². The normalized spacial score (nSPS) is 15.9. The smallest absolute Gasteiger partial charge is 0.219 e. The molecule has 1 saturated heterocycles. The highest BCUT2D eigenvalue weighted by Gasteiger charge is 2.20. The molecule has 23 heavy (non-hydrogen) atoms. The summed E-state index contributed by atoms with van der Waals surface area (Å²) in [4.78, 5) is 20.2. The molecule has 2 heterocycles. The van der Waals surface area contributed by atoms with Gasteiger partial charge >= 0.3 is 0 Å². The van der Waals surface area contributed by atoms with Crippen LogP contribution in [0.15, 0.2) is 28.9 Å². The molecule has 1 aliphatic rings. The van der Waals surface area contributed by atoms with Crippen LogP contribution in [0.3, 0.4) is 0 Å². The Bertz CT molecular complexity index is 727. The predicted molar refractivity (Wildman–Crippen MR) is 93.5 cm³/mol. The average Bonchev–Trinajstić information content (AvgIpc) is 2.56. The third kappa shape index (κ3) is 3.48. The van der Waals surface area contributed by atoms with E-state index in [1.807, 2.05) is 23.2 Å². The number of hydrogen-bond donors (Lipinski definition) is 0. The van der Waals surface area contributed by atoms with E-state index in [0.717, 1.165) is 59.4 Å². The van der Waals surface area contributed by atoms with E-state index in [4.69, 9.17) is 4.74 Å². The summed E-state index contributed by atoms with van der Waals surface area (Å²) in [7, 11) is 1.68. The molecule has 1 aromatic heterocycles. The molecule has 0 unspecified atom stereocenters. The molecule has 0 saturated carbocycles. The van der Waals surface area contributed by atoms with E-state index in [0.29, 0.717) is 0 Å². The van der Waals surface area contributed by atoms with Crippen LogP contribution in [0.5, 0.6) is 5.75 Å². The van der Waals surface area contributed by atoms with Crippen molar-refractivity contribution in [3.8, 4) is 5.75 Å². The van der Waals surface area contributed by atoms with E-state index in [2.05, 4.69) is 31.9 Å². The number of carbonyl (C=O) groups excluding carboxylic acids is 1. The van der Waals surface area contributed by atoms with Gasteiger partial charge in [-0.1, -0.05) is 15.9 Å². The average molecular weight is 378 g/mol. The second-order valence-corrected chi connectivity index (χ2v) is 6.61. The van der Waals surface area contributed by atoms with Gasteiger partial charge in [-0.05, 0) is 23.8 Å². The molecule has 1 aliphatic heterocycles. The summed E-state index contributed by atoms with van der Waals surface area (Å²) in [6.07, 6.45) is 1.82. The number of methoxy groups -OCH3 is 1. The zero-order valence-electron chi connectivity index (χ0n) is 13.4. The minimum absolute atomic E-state index is 0.155. The molecule has 0 N–H and O–H groups in total. The van der Waals surface area contributed by atoms with Crippen molar-refractivity contribution in [2.75, 3.05) is 33.3 Å². The van der Waals surface area contributed by atoms with E-state index < -0.39 is 0 Å². The standard InChI is InChI=1S/C17H20BrN3O2/c1-12(22)21-7-5-20(6-8-21)11-13-9-14(23-2)10-15-16(18)3-4-19-17(13)15/h3-4,9-10H,5-8,11H2,1-2H3. The van der Waals surface area contributed by atoms with E-state index in [1.165, 1.54) is 0 Å². The van der Waals surface area contributed by atoms with Crippen molar-refractivity contribution < 1.29 is 9.53 Å². The van der Waals surface area contributed by atoms with Crippen LogP contribution >= 0.6 is 15.9 Å². The number of fused-ring (bicyclic) bond motifs is 1. The Balaban J connectivity index is 1.85. The highest BCUT2D eigenvalue weighted by molar-refractivity contribution is 9.10. The van der Waals surface area contributed by atoms with Crippen molar-refractivity contribution in [3.05, 3.63) is 34.4 Å². The molecule has 3 rings (SSSR count). The summed E-state index contributed by atoms with van der Waals surface area (Å²) < 4.78 is 6.45.